The molecule has 0 amide bonds. The second-order valence-electron chi connectivity index (χ2n) is 3.36. The van der Waals surface area contributed by atoms with Gasteiger partial charge in [-0.25, -0.2) is 4.79 Å². The Morgan fingerprint density at radius 3 is 2.38 bits per heavy atom. The van der Waals surface area contributed by atoms with Gasteiger partial charge in [0.25, 0.3) is 0 Å². The Morgan fingerprint density at radius 1 is 1.25 bits per heavy atom. The molecule has 16 heavy (non-hydrogen) atoms. The van der Waals surface area contributed by atoms with Crippen molar-refractivity contribution in [2.75, 3.05) is 7.11 Å². The van der Waals surface area contributed by atoms with Crippen LogP contribution in [-0.2, 0) is 9.53 Å². The maximum atomic E-state index is 11.5. The van der Waals surface area contributed by atoms with E-state index >= 15 is 0 Å². The largest absolute Gasteiger partial charge is 0.465 e. The summed E-state index contributed by atoms with van der Waals surface area (Å²) in [6, 6.07) is 9.69. The molecule has 0 radical (unpaired) electrons. The molecular formula is C13H14O2S. The highest BCUT2D eigenvalue weighted by Crippen LogP contribution is 2.26. The molecule has 1 aromatic carbocycles. The average molecular weight is 234 g/mol. The number of rotatable bonds is 3. The van der Waals surface area contributed by atoms with E-state index in [2.05, 4.69) is 5.73 Å². The Hall–Kier alpha value is -1.44. The number of ether oxygens (including phenoxy) is 1. The van der Waals surface area contributed by atoms with Gasteiger partial charge in [-0.2, -0.15) is 0 Å². The molecule has 0 aliphatic rings. The van der Waals surface area contributed by atoms with Gasteiger partial charge in [-0.15, -0.1) is 0 Å². The van der Waals surface area contributed by atoms with Crippen molar-refractivity contribution >= 4 is 17.7 Å². The molecule has 0 aliphatic heterocycles. The van der Waals surface area contributed by atoms with Crippen LogP contribution in [0.4, 0.5) is 0 Å². The van der Waals surface area contributed by atoms with Gasteiger partial charge in [0.1, 0.15) is 4.91 Å². The number of hydrogen-bond acceptors (Lipinski definition) is 3. The molecule has 1 aromatic rings. The van der Waals surface area contributed by atoms with Gasteiger partial charge in [0, 0.05) is 4.90 Å². The maximum absolute atomic E-state index is 11.5. The molecule has 0 atom stereocenters. The van der Waals surface area contributed by atoms with E-state index in [4.69, 9.17) is 4.74 Å². The van der Waals surface area contributed by atoms with E-state index in [1.165, 1.54) is 18.9 Å². The molecular weight excluding hydrogens is 220 g/mol. The van der Waals surface area contributed by atoms with Crippen molar-refractivity contribution in [1.82, 2.24) is 0 Å². The van der Waals surface area contributed by atoms with Gasteiger partial charge in [0.15, 0.2) is 0 Å². The van der Waals surface area contributed by atoms with E-state index < -0.39 is 0 Å². The van der Waals surface area contributed by atoms with E-state index in [1.54, 1.807) is 0 Å². The first-order valence-electron chi connectivity index (χ1n) is 4.89. The van der Waals surface area contributed by atoms with Crippen LogP contribution in [0, 0.1) is 0 Å². The molecule has 1 rings (SSSR count). The van der Waals surface area contributed by atoms with E-state index in [0.29, 0.717) is 4.91 Å². The lowest BCUT2D eigenvalue weighted by molar-refractivity contribution is -0.135. The third-order valence-electron chi connectivity index (χ3n) is 1.70. The summed E-state index contributed by atoms with van der Waals surface area (Å²) in [6.45, 7) is 3.79. The van der Waals surface area contributed by atoms with Crippen LogP contribution in [0.3, 0.4) is 0 Å². The number of thioether (sulfide) groups is 1. The minimum Gasteiger partial charge on any atom is -0.465 e. The summed E-state index contributed by atoms with van der Waals surface area (Å²) in [5.41, 5.74) is 3.95. The van der Waals surface area contributed by atoms with Gasteiger partial charge in [0.2, 0.25) is 0 Å². The topological polar surface area (TPSA) is 26.3 Å². The van der Waals surface area contributed by atoms with Crippen LogP contribution in [-0.4, -0.2) is 13.1 Å². The van der Waals surface area contributed by atoms with Gasteiger partial charge in [-0.1, -0.05) is 35.7 Å². The highest BCUT2D eigenvalue weighted by Gasteiger charge is 2.10. The van der Waals surface area contributed by atoms with Gasteiger partial charge in [0.05, 0.1) is 7.11 Å². The molecule has 0 saturated heterocycles. The zero-order valence-electron chi connectivity index (χ0n) is 9.61. The van der Waals surface area contributed by atoms with Crippen LogP contribution in [0.2, 0.25) is 0 Å². The van der Waals surface area contributed by atoms with E-state index in [1.807, 2.05) is 44.2 Å². The highest BCUT2D eigenvalue weighted by molar-refractivity contribution is 8.04. The third-order valence-corrected chi connectivity index (χ3v) is 2.68. The summed E-state index contributed by atoms with van der Waals surface area (Å²) in [5, 5.41) is 0. The zero-order chi connectivity index (χ0) is 12.0. The lowest BCUT2D eigenvalue weighted by atomic mass is 10.3. The second kappa shape index (κ2) is 6.21. The van der Waals surface area contributed by atoms with Crippen LogP contribution < -0.4 is 0 Å². The second-order valence-corrected chi connectivity index (χ2v) is 4.44. The van der Waals surface area contributed by atoms with Crippen molar-refractivity contribution in [3.8, 4) is 0 Å². The summed E-state index contributed by atoms with van der Waals surface area (Å²) in [7, 11) is 1.38. The molecule has 2 nitrogen and oxygen atoms in total. The monoisotopic (exact) mass is 234 g/mol. The molecule has 0 bridgehead atoms. The Labute approximate surface area is 100 Å². The summed E-state index contributed by atoms with van der Waals surface area (Å²) >= 11 is 1.36. The zero-order valence-corrected chi connectivity index (χ0v) is 10.4. The fraction of sp³-hybridized carbons (Fsp3) is 0.231. The molecule has 0 heterocycles. The number of methoxy groups -OCH3 is 1. The van der Waals surface area contributed by atoms with Gasteiger partial charge < -0.3 is 4.74 Å². The van der Waals surface area contributed by atoms with Gasteiger partial charge >= 0.3 is 5.97 Å². The molecule has 0 aromatic heterocycles. The van der Waals surface area contributed by atoms with Crippen LogP contribution in [0.1, 0.15) is 13.8 Å². The van der Waals surface area contributed by atoms with Crippen molar-refractivity contribution in [2.45, 2.75) is 18.7 Å². The quantitative estimate of drug-likeness (QED) is 0.347. The smallest absolute Gasteiger partial charge is 0.352 e. The predicted molar refractivity (Wildman–Crippen MR) is 66.2 cm³/mol. The van der Waals surface area contributed by atoms with E-state index in [9.17, 15) is 4.79 Å². The fourth-order valence-electron chi connectivity index (χ4n) is 1.04. The number of hydrogen-bond donors (Lipinski definition) is 0. The Bertz CT molecular complexity index is 425. The molecule has 3 heteroatoms. The molecule has 0 unspecified atom stereocenters. The predicted octanol–water partition coefficient (Wildman–Crippen LogP) is 3.40. The highest BCUT2D eigenvalue weighted by atomic mass is 32.2. The molecule has 0 aliphatic carbocycles. The first-order chi connectivity index (χ1) is 7.63. The molecule has 0 fully saturated rings. The third kappa shape index (κ3) is 3.97. The molecule has 0 spiro atoms. The maximum Gasteiger partial charge on any atom is 0.352 e. The summed E-state index contributed by atoms with van der Waals surface area (Å²) in [4.78, 5) is 13.0. The lowest BCUT2D eigenvalue weighted by Gasteiger charge is -2.02. The van der Waals surface area contributed by atoms with Crippen LogP contribution in [0.15, 0.2) is 51.4 Å². The fourth-order valence-corrected chi connectivity index (χ4v) is 2.00. The van der Waals surface area contributed by atoms with Gasteiger partial charge in [-0.3, -0.25) is 0 Å². The summed E-state index contributed by atoms with van der Waals surface area (Å²) < 4.78 is 4.71. The van der Waals surface area contributed by atoms with Crippen molar-refractivity contribution in [1.29, 1.82) is 0 Å². The van der Waals surface area contributed by atoms with Crippen LogP contribution in [0.25, 0.3) is 0 Å². The van der Waals surface area contributed by atoms with Crippen molar-refractivity contribution < 1.29 is 9.53 Å². The van der Waals surface area contributed by atoms with E-state index in [0.717, 1.165) is 10.5 Å². The number of carbonyl (C=O) groups excluding carboxylic acids is 1. The first-order valence-corrected chi connectivity index (χ1v) is 5.70. The van der Waals surface area contributed by atoms with Crippen molar-refractivity contribution in [3.63, 3.8) is 0 Å². The Morgan fingerprint density at radius 2 is 1.88 bits per heavy atom. The normalized spacial score (nSPS) is 9.19. The minimum absolute atomic E-state index is 0.352. The average Bonchev–Trinajstić information content (AvgIpc) is 2.28. The molecule has 84 valence electrons. The standard InChI is InChI=1S/C13H14O2S/c1-10(2)9-12(13(14)15-3)16-11-7-5-4-6-8-11/h4-8H,1-3H3. The SMILES string of the molecule is COC(=O)C(=C=C(C)C)Sc1ccccc1. The summed E-state index contributed by atoms with van der Waals surface area (Å²) in [6.07, 6.45) is 0. The summed E-state index contributed by atoms with van der Waals surface area (Å²) in [5.74, 6) is -0.352. The van der Waals surface area contributed by atoms with Crippen LogP contribution >= 0.6 is 11.8 Å². The van der Waals surface area contributed by atoms with Crippen LogP contribution in [0.5, 0.6) is 0 Å². The molecule has 0 N–H and O–H groups in total. The first kappa shape index (κ1) is 12.6. The number of benzene rings is 1. The Balaban J connectivity index is 2.98. The number of carbonyl (C=O) groups is 1. The Kier molecular flexibility index (Phi) is 4.90. The van der Waals surface area contributed by atoms with Gasteiger partial charge in [-0.05, 0) is 31.6 Å². The molecule has 0 saturated carbocycles. The minimum atomic E-state index is -0.352. The number of esters is 1. The van der Waals surface area contributed by atoms with Crippen molar-refractivity contribution in [3.05, 3.63) is 46.5 Å². The lowest BCUT2D eigenvalue weighted by Crippen LogP contribution is -2.00. The van der Waals surface area contributed by atoms with E-state index in [-0.39, 0.29) is 5.97 Å². The van der Waals surface area contributed by atoms with Crippen molar-refractivity contribution in [2.24, 2.45) is 0 Å².